The van der Waals surface area contributed by atoms with Crippen LogP contribution in [0.4, 0.5) is 4.79 Å². The van der Waals surface area contributed by atoms with Crippen LogP contribution in [0.15, 0.2) is 30.3 Å². The zero-order valence-corrected chi connectivity index (χ0v) is 13.0. The summed E-state index contributed by atoms with van der Waals surface area (Å²) in [7, 11) is 2.93. The number of methoxy groups -OCH3 is 2. The second-order valence-electron chi connectivity index (χ2n) is 5.81. The Hall–Kier alpha value is -1.67. The number of rotatable bonds is 2. The quantitative estimate of drug-likeness (QED) is 0.765. The highest BCUT2D eigenvalue weighted by atomic mass is 16.7. The van der Waals surface area contributed by atoms with Gasteiger partial charge in [-0.3, -0.25) is 4.90 Å². The highest BCUT2D eigenvalue weighted by molar-refractivity contribution is 5.72. The fourth-order valence-corrected chi connectivity index (χ4v) is 3.46. The predicted molar refractivity (Wildman–Crippen MR) is 77.5 cm³/mol. The monoisotopic (exact) mass is 321 g/mol. The lowest BCUT2D eigenvalue weighted by Gasteiger charge is -2.39. The van der Waals surface area contributed by atoms with Crippen LogP contribution in [0.25, 0.3) is 0 Å². The molecule has 0 saturated carbocycles. The second kappa shape index (κ2) is 5.76. The first-order valence-electron chi connectivity index (χ1n) is 7.61. The summed E-state index contributed by atoms with van der Waals surface area (Å²) in [5, 5.41) is 0. The topological polar surface area (TPSA) is 66.2 Å². The van der Waals surface area contributed by atoms with Crippen molar-refractivity contribution in [2.45, 2.75) is 36.9 Å². The van der Waals surface area contributed by atoms with E-state index < -0.39 is 18.7 Å². The third-order valence-electron chi connectivity index (χ3n) is 4.58. The summed E-state index contributed by atoms with van der Waals surface area (Å²) in [5.74, 6) is 0. The second-order valence-corrected chi connectivity index (χ2v) is 5.81. The first-order valence-corrected chi connectivity index (χ1v) is 7.61. The van der Waals surface area contributed by atoms with Gasteiger partial charge in [0.2, 0.25) is 0 Å². The fraction of sp³-hybridized carbons (Fsp3) is 0.562. The Bertz CT molecular complexity index is 581. The minimum atomic E-state index is -0.485. The lowest BCUT2D eigenvalue weighted by molar-refractivity contribution is -0.304. The van der Waals surface area contributed by atoms with E-state index >= 15 is 0 Å². The standard InChI is InChI=1S/C16H19NO6/c1-19-15-12-11(17(12)16(18)20-2)13-10(22-15)8-21-14(23-13)9-6-4-3-5-7-9/h3-7,10-15H,8H2,1-2H3/t10-,11+,12-,13-,14-,15+,17?/m1/s1. The van der Waals surface area contributed by atoms with Gasteiger partial charge in [-0.2, -0.15) is 0 Å². The van der Waals surface area contributed by atoms with Gasteiger partial charge in [0.1, 0.15) is 18.2 Å². The van der Waals surface area contributed by atoms with Crippen molar-refractivity contribution in [2.75, 3.05) is 20.8 Å². The molecule has 23 heavy (non-hydrogen) atoms. The van der Waals surface area contributed by atoms with Crippen LogP contribution in [0.5, 0.6) is 0 Å². The molecule has 0 spiro atoms. The van der Waals surface area contributed by atoms with Crippen molar-refractivity contribution < 1.29 is 28.5 Å². The number of fused-ring (bicyclic) bond motifs is 3. The number of ether oxygens (including phenoxy) is 5. The maximum atomic E-state index is 11.9. The number of hydrogen-bond acceptors (Lipinski definition) is 6. The van der Waals surface area contributed by atoms with Gasteiger partial charge in [-0.15, -0.1) is 0 Å². The molecule has 0 unspecified atom stereocenters. The molecule has 1 amide bonds. The number of carbonyl (C=O) groups excluding carboxylic acids is 1. The predicted octanol–water partition coefficient (Wildman–Crippen LogP) is 1.29. The smallest absolute Gasteiger partial charge is 0.410 e. The molecule has 0 radical (unpaired) electrons. The zero-order valence-electron chi connectivity index (χ0n) is 13.0. The van der Waals surface area contributed by atoms with Gasteiger partial charge in [0.05, 0.1) is 19.8 Å². The lowest BCUT2D eigenvalue weighted by atomic mass is 10.0. The molecule has 3 heterocycles. The molecular formula is C16H19NO6. The average Bonchev–Trinajstić information content (AvgIpc) is 3.36. The summed E-state index contributed by atoms with van der Waals surface area (Å²) in [6, 6.07) is 9.44. The van der Waals surface area contributed by atoms with E-state index in [1.54, 1.807) is 12.0 Å². The SMILES string of the molecule is COC(=O)N1[C@@H]2[C@@H]3O[C@H](c4ccccc4)OC[C@H]3O[C@H](OC)[C@@H]21. The summed E-state index contributed by atoms with van der Waals surface area (Å²) in [6.07, 6.45) is -1.86. The molecule has 0 bridgehead atoms. The van der Waals surface area contributed by atoms with E-state index in [4.69, 9.17) is 23.7 Å². The van der Waals surface area contributed by atoms with Crippen LogP contribution in [0.1, 0.15) is 11.9 Å². The molecule has 3 aliphatic rings. The molecule has 1 aromatic carbocycles. The molecule has 124 valence electrons. The highest BCUT2D eigenvalue weighted by Gasteiger charge is 2.67. The summed E-state index contributed by atoms with van der Waals surface area (Å²) in [4.78, 5) is 13.6. The molecule has 4 rings (SSSR count). The van der Waals surface area contributed by atoms with Crippen molar-refractivity contribution in [3.63, 3.8) is 0 Å². The van der Waals surface area contributed by atoms with Gasteiger partial charge in [0.25, 0.3) is 0 Å². The van der Waals surface area contributed by atoms with Crippen LogP contribution >= 0.6 is 0 Å². The molecule has 7 heteroatoms. The van der Waals surface area contributed by atoms with Crippen molar-refractivity contribution >= 4 is 6.09 Å². The summed E-state index contributed by atoms with van der Waals surface area (Å²) >= 11 is 0. The first kappa shape index (κ1) is 14.9. The number of amides is 1. The summed E-state index contributed by atoms with van der Waals surface area (Å²) in [5.41, 5.74) is 0.946. The number of hydrogen-bond donors (Lipinski definition) is 0. The maximum absolute atomic E-state index is 11.9. The zero-order chi connectivity index (χ0) is 16.0. The molecule has 3 fully saturated rings. The van der Waals surface area contributed by atoms with E-state index in [0.29, 0.717) is 6.61 Å². The number of carbonyl (C=O) groups is 1. The Morgan fingerprint density at radius 2 is 1.96 bits per heavy atom. The van der Waals surface area contributed by atoms with E-state index in [2.05, 4.69) is 0 Å². The molecule has 0 aliphatic carbocycles. The van der Waals surface area contributed by atoms with Crippen LogP contribution < -0.4 is 0 Å². The largest absolute Gasteiger partial charge is 0.453 e. The van der Waals surface area contributed by atoms with E-state index in [0.717, 1.165) is 5.56 Å². The highest BCUT2D eigenvalue weighted by Crippen LogP contribution is 2.46. The molecular weight excluding hydrogens is 302 g/mol. The van der Waals surface area contributed by atoms with Crippen molar-refractivity contribution in [2.24, 2.45) is 0 Å². The fourth-order valence-electron chi connectivity index (χ4n) is 3.46. The third-order valence-corrected chi connectivity index (χ3v) is 4.58. The number of nitrogens with zero attached hydrogens (tertiary/aromatic N) is 1. The van der Waals surface area contributed by atoms with Crippen molar-refractivity contribution in [3.8, 4) is 0 Å². The molecule has 0 N–H and O–H groups in total. The Morgan fingerprint density at radius 1 is 1.17 bits per heavy atom. The maximum Gasteiger partial charge on any atom is 0.410 e. The Kier molecular flexibility index (Phi) is 3.73. The molecule has 7 nitrogen and oxygen atoms in total. The van der Waals surface area contributed by atoms with E-state index in [1.807, 2.05) is 30.3 Å². The van der Waals surface area contributed by atoms with Gasteiger partial charge in [-0.25, -0.2) is 4.79 Å². The molecule has 3 saturated heterocycles. The minimum Gasteiger partial charge on any atom is -0.453 e. The average molecular weight is 321 g/mol. The number of benzene rings is 1. The Balaban J connectivity index is 1.54. The van der Waals surface area contributed by atoms with Crippen molar-refractivity contribution in [1.82, 2.24) is 4.90 Å². The third kappa shape index (κ3) is 2.40. The van der Waals surface area contributed by atoms with Gasteiger partial charge in [-0.1, -0.05) is 30.3 Å². The van der Waals surface area contributed by atoms with E-state index in [-0.39, 0.29) is 24.3 Å². The van der Waals surface area contributed by atoms with Crippen LogP contribution in [0, 0.1) is 0 Å². The first-order chi connectivity index (χ1) is 11.2. The normalized spacial score (nSPS) is 38.4. The van der Waals surface area contributed by atoms with Crippen LogP contribution in [0.2, 0.25) is 0 Å². The van der Waals surface area contributed by atoms with Crippen LogP contribution in [-0.4, -0.2) is 62.4 Å². The van der Waals surface area contributed by atoms with Gasteiger partial charge in [0.15, 0.2) is 12.6 Å². The lowest BCUT2D eigenvalue weighted by Crippen LogP contribution is -2.52. The van der Waals surface area contributed by atoms with Crippen LogP contribution in [0.3, 0.4) is 0 Å². The minimum absolute atomic E-state index is 0.110. The molecule has 3 aliphatic heterocycles. The van der Waals surface area contributed by atoms with Crippen LogP contribution in [-0.2, 0) is 23.7 Å². The van der Waals surface area contributed by atoms with Crippen molar-refractivity contribution in [1.29, 1.82) is 0 Å². The molecule has 6 atom stereocenters. The van der Waals surface area contributed by atoms with Gasteiger partial charge < -0.3 is 23.7 Å². The Morgan fingerprint density at radius 3 is 2.65 bits per heavy atom. The van der Waals surface area contributed by atoms with E-state index in [9.17, 15) is 4.79 Å². The van der Waals surface area contributed by atoms with Gasteiger partial charge in [-0.05, 0) is 0 Å². The molecule has 0 aromatic heterocycles. The summed E-state index contributed by atoms with van der Waals surface area (Å²) < 4.78 is 27.9. The Labute approximate surface area is 134 Å². The van der Waals surface area contributed by atoms with E-state index in [1.165, 1.54) is 7.11 Å². The summed E-state index contributed by atoms with van der Waals surface area (Å²) in [6.45, 7) is 0.391. The van der Waals surface area contributed by atoms with Gasteiger partial charge in [0, 0.05) is 12.7 Å². The van der Waals surface area contributed by atoms with Crippen molar-refractivity contribution in [3.05, 3.63) is 35.9 Å². The molecule has 1 aromatic rings. The van der Waals surface area contributed by atoms with Gasteiger partial charge >= 0.3 is 6.09 Å².